The van der Waals surface area contributed by atoms with Gasteiger partial charge in [-0.15, -0.1) is 0 Å². The molecule has 0 bridgehead atoms. The number of ether oxygens (including phenoxy) is 2. The Morgan fingerprint density at radius 2 is 1.75 bits per heavy atom. The van der Waals surface area contributed by atoms with Gasteiger partial charge in [0.25, 0.3) is 0 Å². The number of aromatic nitrogens is 1. The molecule has 2 aliphatic rings. The summed E-state index contributed by atoms with van der Waals surface area (Å²) in [6, 6.07) is 16.6. The van der Waals surface area contributed by atoms with Crippen LogP contribution in [0.3, 0.4) is 0 Å². The van der Waals surface area contributed by atoms with E-state index in [-0.39, 0.29) is 16.9 Å². The molecule has 3 aromatic rings. The Bertz CT molecular complexity index is 1240. The molecule has 0 unspecified atom stereocenters. The molecule has 5 nitrogen and oxygen atoms in total. The van der Waals surface area contributed by atoms with Crippen molar-refractivity contribution in [1.82, 2.24) is 10.3 Å². The summed E-state index contributed by atoms with van der Waals surface area (Å²) < 4.78 is 52.6. The minimum absolute atomic E-state index is 0.144. The number of pyridine rings is 1. The predicted molar refractivity (Wildman–Crippen MR) is 134 cm³/mol. The zero-order chi connectivity index (χ0) is 25.3. The van der Waals surface area contributed by atoms with Gasteiger partial charge in [0.2, 0.25) is 0 Å². The Morgan fingerprint density at radius 1 is 1.00 bits per heavy atom. The van der Waals surface area contributed by atoms with Crippen LogP contribution in [0.1, 0.15) is 36.6 Å². The van der Waals surface area contributed by atoms with Crippen LogP contribution in [0.5, 0.6) is 11.5 Å². The molecule has 2 aliphatic heterocycles. The summed E-state index contributed by atoms with van der Waals surface area (Å²) in [5, 5.41) is 3.52. The van der Waals surface area contributed by atoms with Crippen molar-refractivity contribution in [2.75, 3.05) is 38.3 Å². The highest BCUT2D eigenvalue weighted by Gasteiger charge is 2.43. The lowest BCUT2D eigenvalue weighted by Crippen LogP contribution is -2.51. The van der Waals surface area contributed by atoms with Crippen molar-refractivity contribution in [3.05, 3.63) is 71.4 Å². The minimum atomic E-state index is -4.49. The van der Waals surface area contributed by atoms with Crippen molar-refractivity contribution in [2.24, 2.45) is 0 Å². The molecule has 8 heteroatoms. The van der Waals surface area contributed by atoms with Gasteiger partial charge in [-0.2, -0.15) is 13.2 Å². The van der Waals surface area contributed by atoms with E-state index in [9.17, 15) is 13.2 Å². The van der Waals surface area contributed by atoms with Crippen LogP contribution < -0.4 is 19.7 Å². The Balaban J connectivity index is 1.43. The molecular formula is C28H30F3N3O2. The highest BCUT2D eigenvalue weighted by atomic mass is 19.4. The van der Waals surface area contributed by atoms with Gasteiger partial charge in [0.1, 0.15) is 17.1 Å². The molecule has 1 saturated heterocycles. The lowest BCUT2D eigenvalue weighted by Gasteiger charge is -2.46. The summed E-state index contributed by atoms with van der Waals surface area (Å²) in [4.78, 5) is 6.84. The molecular weight excluding hydrogens is 467 g/mol. The molecule has 1 aromatic heterocycles. The molecule has 0 saturated carbocycles. The first-order valence-electron chi connectivity index (χ1n) is 12.3. The van der Waals surface area contributed by atoms with Crippen LogP contribution in [0.2, 0.25) is 0 Å². The van der Waals surface area contributed by atoms with Crippen molar-refractivity contribution < 1.29 is 22.6 Å². The molecule has 36 heavy (non-hydrogen) atoms. The quantitative estimate of drug-likeness (QED) is 0.482. The van der Waals surface area contributed by atoms with E-state index in [2.05, 4.69) is 11.4 Å². The van der Waals surface area contributed by atoms with Gasteiger partial charge in [-0.25, -0.2) is 0 Å². The number of fused-ring (bicyclic) bond motifs is 2. The maximum absolute atomic E-state index is 13.9. The Labute approximate surface area is 209 Å². The van der Waals surface area contributed by atoms with E-state index in [1.165, 1.54) is 18.7 Å². The number of rotatable bonds is 5. The van der Waals surface area contributed by atoms with Crippen LogP contribution in [-0.4, -0.2) is 38.3 Å². The number of halogens is 3. The number of benzene rings is 2. The van der Waals surface area contributed by atoms with Gasteiger partial charge in [-0.05, 0) is 55.7 Å². The molecule has 1 spiro atoms. The van der Waals surface area contributed by atoms with Gasteiger partial charge in [-0.3, -0.25) is 4.98 Å². The van der Waals surface area contributed by atoms with Crippen LogP contribution in [-0.2, 0) is 18.1 Å². The summed E-state index contributed by atoms with van der Waals surface area (Å²) >= 11 is 0. The fourth-order valence-electron chi connectivity index (χ4n) is 5.60. The van der Waals surface area contributed by atoms with Gasteiger partial charge in [0.15, 0.2) is 0 Å². The summed E-state index contributed by atoms with van der Waals surface area (Å²) in [6.07, 6.45) is -3.02. The first-order chi connectivity index (χ1) is 17.4. The summed E-state index contributed by atoms with van der Waals surface area (Å²) in [7, 11) is 1.28. The van der Waals surface area contributed by atoms with Crippen molar-refractivity contribution >= 4 is 5.69 Å². The molecule has 1 N–H and O–H groups in total. The van der Waals surface area contributed by atoms with Crippen LogP contribution in [0.4, 0.5) is 18.9 Å². The Morgan fingerprint density at radius 3 is 2.47 bits per heavy atom. The number of hydrogen-bond acceptors (Lipinski definition) is 5. The zero-order valence-corrected chi connectivity index (χ0v) is 20.5. The van der Waals surface area contributed by atoms with E-state index in [0.29, 0.717) is 26.2 Å². The van der Waals surface area contributed by atoms with Gasteiger partial charge in [-0.1, -0.05) is 24.3 Å². The smallest absolute Gasteiger partial charge is 0.421 e. The third kappa shape index (κ3) is 4.39. The number of piperidine rings is 1. The Hall–Kier alpha value is -3.26. The average molecular weight is 498 g/mol. The third-order valence-corrected chi connectivity index (χ3v) is 7.33. The molecule has 0 aliphatic carbocycles. The highest BCUT2D eigenvalue weighted by molar-refractivity contribution is 5.68. The topological polar surface area (TPSA) is 46.6 Å². The molecule has 0 amide bonds. The lowest BCUT2D eigenvalue weighted by molar-refractivity contribution is -0.138. The molecule has 2 aromatic carbocycles. The number of nitrogens with one attached hydrogen (secondary N) is 1. The van der Waals surface area contributed by atoms with Crippen LogP contribution >= 0.6 is 0 Å². The van der Waals surface area contributed by atoms with E-state index >= 15 is 0 Å². The number of alkyl halides is 3. The first-order valence-corrected chi connectivity index (χ1v) is 12.3. The highest BCUT2D eigenvalue weighted by Crippen LogP contribution is 2.46. The lowest BCUT2D eigenvalue weighted by atomic mass is 9.70. The van der Waals surface area contributed by atoms with Gasteiger partial charge in [0.05, 0.1) is 30.8 Å². The summed E-state index contributed by atoms with van der Waals surface area (Å²) in [5.74, 6) is 0.659. The van der Waals surface area contributed by atoms with Crippen LogP contribution in [0.25, 0.3) is 11.3 Å². The van der Waals surface area contributed by atoms with Gasteiger partial charge in [0, 0.05) is 37.2 Å². The number of hydrogen-bond donors (Lipinski definition) is 1. The molecule has 1 fully saturated rings. The molecule has 0 radical (unpaired) electrons. The SMILES string of the molecule is CCOc1ccccc1-c1ccc2c(n1)CNCC21CCN(c2cccc(OC)c2C(F)(F)F)CC1. The van der Waals surface area contributed by atoms with Crippen molar-refractivity contribution in [1.29, 1.82) is 0 Å². The van der Waals surface area contributed by atoms with Crippen molar-refractivity contribution in [3.8, 4) is 22.8 Å². The maximum Gasteiger partial charge on any atom is 0.421 e. The van der Waals surface area contributed by atoms with Crippen LogP contribution in [0.15, 0.2) is 54.6 Å². The van der Waals surface area contributed by atoms with E-state index in [1.807, 2.05) is 42.2 Å². The van der Waals surface area contributed by atoms with E-state index in [1.54, 1.807) is 12.1 Å². The summed E-state index contributed by atoms with van der Waals surface area (Å²) in [5.41, 5.74) is 3.32. The second-order valence-electron chi connectivity index (χ2n) is 9.34. The van der Waals surface area contributed by atoms with E-state index < -0.39 is 11.7 Å². The number of nitrogens with zero attached hydrogens (tertiary/aromatic N) is 2. The van der Waals surface area contributed by atoms with Crippen molar-refractivity contribution in [3.63, 3.8) is 0 Å². The fourth-order valence-corrected chi connectivity index (χ4v) is 5.60. The van der Waals surface area contributed by atoms with Gasteiger partial charge < -0.3 is 19.7 Å². The van der Waals surface area contributed by atoms with Crippen LogP contribution in [0, 0.1) is 0 Å². The summed E-state index contributed by atoms with van der Waals surface area (Å²) in [6.45, 7) is 5.03. The van der Waals surface area contributed by atoms with E-state index in [0.717, 1.165) is 42.1 Å². The average Bonchev–Trinajstić information content (AvgIpc) is 2.88. The van der Waals surface area contributed by atoms with E-state index in [4.69, 9.17) is 14.5 Å². The standard InChI is InChI=1S/C28H30F3N3O2/c1-3-36-24-9-5-4-7-19(24)21-12-11-20-22(33-21)17-32-18-27(20)13-15-34(16-14-27)23-8-6-10-25(35-2)26(23)28(29,30)31/h4-12,32H,3,13-18H2,1-2H3. The minimum Gasteiger partial charge on any atom is -0.496 e. The largest absolute Gasteiger partial charge is 0.496 e. The number of anilines is 1. The molecule has 190 valence electrons. The van der Waals surface area contributed by atoms with Crippen molar-refractivity contribution in [2.45, 2.75) is 37.9 Å². The van der Waals surface area contributed by atoms with Gasteiger partial charge >= 0.3 is 6.18 Å². The predicted octanol–water partition coefficient (Wildman–Crippen LogP) is 5.82. The fraction of sp³-hybridized carbons (Fsp3) is 0.393. The number of para-hydroxylation sites is 1. The first kappa shape index (κ1) is 24.4. The second kappa shape index (κ2) is 9.65. The normalized spacial score (nSPS) is 17.1. The molecule has 3 heterocycles. The maximum atomic E-state index is 13.9. The second-order valence-corrected chi connectivity index (χ2v) is 9.34. The monoisotopic (exact) mass is 497 g/mol. The molecule has 5 rings (SSSR count). The molecule has 0 atom stereocenters. The third-order valence-electron chi connectivity index (χ3n) is 7.33. The Kier molecular flexibility index (Phi) is 6.55. The zero-order valence-electron chi connectivity index (χ0n) is 20.5. The number of methoxy groups -OCH3 is 1.